The first-order valence-electron chi connectivity index (χ1n) is 8.01. The van der Waals surface area contributed by atoms with Gasteiger partial charge in [0, 0.05) is 16.0 Å². The predicted molar refractivity (Wildman–Crippen MR) is 101 cm³/mol. The smallest absolute Gasteiger partial charge is 0.227 e. The summed E-state index contributed by atoms with van der Waals surface area (Å²) in [6.07, 6.45) is 0.0850. The second-order valence-electron chi connectivity index (χ2n) is 6.51. The van der Waals surface area contributed by atoms with Crippen LogP contribution in [0.2, 0.25) is 5.02 Å². The van der Waals surface area contributed by atoms with Gasteiger partial charge in [-0.3, -0.25) is 4.79 Å². The first kappa shape index (κ1) is 18.6. The molecule has 3 rings (SSSR count). The van der Waals surface area contributed by atoms with Crippen molar-refractivity contribution in [1.82, 2.24) is 10.3 Å². The second kappa shape index (κ2) is 7.21. The van der Waals surface area contributed by atoms with Crippen molar-refractivity contribution in [3.8, 4) is 11.5 Å². The molecule has 4 nitrogen and oxygen atoms in total. The van der Waals surface area contributed by atoms with Crippen LogP contribution in [0.4, 0.5) is 4.39 Å². The molecule has 7 heteroatoms. The van der Waals surface area contributed by atoms with Gasteiger partial charge in [0.15, 0.2) is 0 Å². The number of carbonyl (C=O) groups excluding carboxylic acids is 1. The SMILES string of the molecule is Cc1oc(-c2ccsc2)nc1CC(=O)NC(C)(C)c1ccc(F)cc1Cl. The molecule has 0 saturated carbocycles. The quantitative estimate of drug-likeness (QED) is 0.657. The van der Waals surface area contributed by atoms with Crippen LogP contribution in [0.1, 0.15) is 30.9 Å². The van der Waals surface area contributed by atoms with Crippen LogP contribution in [0.3, 0.4) is 0 Å². The number of nitrogens with zero attached hydrogens (tertiary/aromatic N) is 1. The fourth-order valence-electron chi connectivity index (χ4n) is 2.71. The number of benzene rings is 1. The Bertz CT molecular complexity index is 935. The van der Waals surface area contributed by atoms with E-state index in [9.17, 15) is 9.18 Å². The number of oxazole rings is 1. The van der Waals surface area contributed by atoms with Crippen molar-refractivity contribution in [1.29, 1.82) is 0 Å². The van der Waals surface area contributed by atoms with E-state index < -0.39 is 11.4 Å². The van der Waals surface area contributed by atoms with Gasteiger partial charge in [0.25, 0.3) is 0 Å². The van der Waals surface area contributed by atoms with E-state index in [0.29, 0.717) is 22.9 Å². The van der Waals surface area contributed by atoms with E-state index >= 15 is 0 Å². The van der Waals surface area contributed by atoms with Gasteiger partial charge in [-0.25, -0.2) is 9.37 Å². The summed E-state index contributed by atoms with van der Waals surface area (Å²) in [6.45, 7) is 5.42. The zero-order valence-electron chi connectivity index (χ0n) is 14.6. The summed E-state index contributed by atoms with van der Waals surface area (Å²) in [5, 5.41) is 7.08. The third-order valence-corrected chi connectivity index (χ3v) is 5.04. The highest BCUT2D eigenvalue weighted by Crippen LogP contribution is 2.29. The fraction of sp³-hybridized carbons (Fsp3) is 0.263. The minimum Gasteiger partial charge on any atom is -0.441 e. The van der Waals surface area contributed by atoms with Gasteiger partial charge in [0.05, 0.1) is 17.7 Å². The molecule has 3 aromatic rings. The lowest BCUT2D eigenvalue weighted by Gasteiger charge is -2.28. The first-order chi connectivity index (χ1) is 12.3. The van der Waals surface area contributed by atoms with E-state index in [2.05, 4.69) is 10.3 Å². The third kappa shape index (κ3) is 3.97. The molecule has 0 atom stereocenters. The number of halogens is 2. The molecule has 1 aromatic carbocycles. The molecular weight excluding hydrogens is 375 g/mol. The molecule has 0 spiro atoms. The number of hydrogen-bond donors (Lipinski definition) is 1. The Kier molecular flexibility index (Phi) is 5.16. The average Bonchev–Trinajstić information content (AvgIpc) is 3.16. The lowest BCUT2D eigenvalue weighted by Crippen LogP contribution is -2.42. The molecule has 0 radical (unpaired) electrons. The number of nitrogens with one attached hydrogen (secondary N) is 1. The highest BCUT2D eigenvalue weighted by atomic mass is 35.5. The fourth-order valence-corrected chi connectivity index (χ4v) is 3.74. The first-order valence-corrected chi connectivity index (χ1v) is 9.34. The van der Waals surface area contributed by atoms with Crippen LogP contribution in [0.15, 0.2) is 39.4 Å². The van der Waals surface area contributed by atoms with Gasteiger partial charge in [0.2, 0.25) is 11.8 Å². The molecule has 2 heterocycles. The Labute approximate surface area is 160 Å². The minimum atomic E-state index is -0.754. The van der Waals surface area contributed by atoms with Crippen molar-refractivity contribution < 1.29 is 13.6 Å². The van der Waals surface area contributed by atoms with Gasteiger partial charge in [-0.05, 0) is 49.9 Å². The summed E-state index contributed by atoms with van der Waals surface area (Å²) in [5.74, 6) is 0.482. The molecule has 1 amide bonds. The van der Waals surface area contributed by atoms with Crippen LogP contribution in [0, 0.1) is 12.7 Å². The van der Waals surface area contributed by atoms with Crippen molar-refractivity contribution in [2.75, 3.05) is 0 Å². The molecule has 0 unspecified atom stereocenters. The second-order valence-corrected chi connectivity index (χ2v) is 7.70. The molecular formula is C19H18ClFN2O2S. The number of amides is 1. The van der Waals surface area contributed by atoms with E-state index in [1.807, 2.05) is 30.7 Å². The number of aryl methyl sites for hydroxylation is 1. The van der Waals surface area contributed by atoms with Crippen LogP contribution in [-0.2, 0) is 16.8 Å². The van der Waals surface area contributed by atoms with Gasteiger partial charge < -0.3 is 9.73 Å². The summed E-state index contributed by atoms with van der Waals surface area (Å²) >= 11 is 7.68. The topological polar surface area (TPSA) is 55.1 Å². The number of hydrogen-bond acceptors (Lipinski definition) is 4. The summed E-state index contributed by atoms with van der Waals surface area (Å²) in [5.41, 5.74) is 1.37. The van der Waals surface area contributed by atoms with Gasteiger partial charge in [-0.1, -0.05) is 17.7 Å². The predicted octanol–water partition coefficient (Wildman–Crippen LogP) is 5.10. The molecule has 2 aromatic heterocycles. The lowest BCUT2D eigenvalue weighted by atomic mass is 9.94. The maximum absolute atomic E-state index is 13.3. The Morgan fingerprint density at radius 2 is 2.15 bits per heavy atom. The van der Waals surface area contributed by atoms with Crippen LogP contribution in [0.25, 0.3) is 11.5 Å². The van der Waals surface area contributed by atoms with Gasteiger partial charge >= 0.3 is 0 Å². The molecule has 0 aliphatic carbocycles. The standard InChI is InChI=1S/C19H18ClFN2O2S/c1-11-16(22-18(25-11)12-6-7-26-10-12)9-17(24)23-19(2,3)14-5-4-13(21)8-15(14)20/h4-8,10H,9H2,1-3H3,(H,23,24). The Balaban J connectivity index is 1.74. The molecule has 0 aliphatic heterocycles. The van der Waals surface area contributed by atoms with Crippen molar-refractivity contribution in [2.24, 2.45) is 0 Å². The molecule has 0 saturated heterocycles. The third-order valence-electron chi connectivity index (χ3n) is 4.05. The summed E-state index contributed by atoms with van der Waals surface area (Å²) in [7, 11) is 0. The zero-order chi connectivity index (χ0) is 18.9. The molecule has 0 fully saturated rings. The van der Waals surface area contributed by atoms with Crippen molar-refractivity contribution in [3.05, 3.63) is 62.9 Å². The highest BCUT2D eigenvalue weighted by Gasteiger charge is 2.26. The van der Waals surface area contributed by atoms with Gasteiger partial charge in [-0.2, -0.15) is 11.3 Å². The van der Waals surface area contributed by atoms with Crippen molar-refractivity contribution in [2.45, 2.75) is 32.7 Å². The molecule has 0 aliphatic rings. The molecule has 0 bridgehead atoms. The maximum atomic E-state index is 13.3. The normalized spacial score (nSPS) is 11.6. The van der Waals surface area contributed by atoms with Crippen molar-refractivity contribution in [3.63, 3.8) is 0 Å². The zero-order valence-corrected chi connectivity index (χ0v) is 16.2. The highest BCUT2D eigenvalue weighted by molar-refractivity contribution is 7.08. The number of rotatable bonds is 5. The van der Waals surface area contributed by atoms with E-state index in [1.54, 1.807) is 24.3 Å². The number of aromatic nitrogens is 1. The van der Waals surface area contributed by atoms with E-state index in [-0.39, 0.29) is 17.4 Å². The summed E-state index contributed by atoms with van der Waals surface area (Å²) < 4.78 is 18.9. The summed E-state index contributed by atoms with van der Waals surface area (Å²) in [6, 6.07) is 6.05. The molecule has 26 heavy (non-hydrogen) atoms. The number of thiophene rings is 1. The maximum Gasteiger partial charge on any atom is 0.227 e. The van der Waals surface area contributed by atoms with Crippen LogP contribution < -0.4 is 5.32 Å². The van der Waals surface area contributed by atoms with Crippen molar-refractivity contribution >= 4 is 28.8 Å². The van der Waals surface area contributed by atoms with Crippen LogP contribution >= 0.6 is 22.9 Å². The minimum absolute atomic E-state index is 0.0850. The molecule has 136 valence electrons. The average molecular weight is 393 g/mol. The van der Waals surface area contributed by atoms with E-state index in [0.717, 1.165) is 5.56 Å². The number of carbonyl (C=O) groups is 1. The van der Waals surface area contributed by atoms with Crippen LogP contribution in [0.5, 0.6) is 0 Å². The largest absolute Gasteiger partial charge is 0.441 e. The Morgan fingerprint density at radius 1 is 1.38 bits per heavy atom. The van der Waals surface area contributed by atoms with Crippen LogP contribution in [-0.4, -0.2) is 10.9 Å². The Hall–Kier alpha value is -2.18. The summed E-state index contributed by atoms with van der Waals surface area (Å²) in [4.78, 5) is 16.9. The van der Waals surface area contributed by atoms with Gasteiger partial charge in [-0.15, -0.1) is 0 Å². The monoisotopic (exact) mass is 392 g/mol. The van der Waals surface area contributed by atoms with E-state index in [1.165, 1.54) is 12.1 Å². The Morgan fingerprint density at radius 3 is 2.81 bits per heavy atom. The lowest BCUT2D eigenvalue weighted by molar-refractivity contribution is -0.122. The molecule has 1 N–H and O–H groups in total. The van der Waals surface area contributed by atoms with Gasteiger partial charge in [0.1, 0.15) is 11.6 Å². The van der Waals surface area contributed by atoms with E-state index in [4.69, 9.17) is 16.0 Å².